The van der Waals surface area contributed by atoms with E-state index in [0.29, 0.717) is 12.0 Å². The molecule has 2 aliphatic rings. The number of aryl methyl sites for hydroxylation is 1. The minimum absolute atomic E-state index is 0. The van der Waals surface area contributed by atoms with Gasteiger partial charge in [-0.2, -0.15) is 0 Å². The molecule has 2 unspecified atom stereocenters. The molecule has 2 aromatic rings. The second-order valence-corrected chi connectivity index (χ2v) is 6.26. The van der Waals surface area contributed by atoms with Gasteiger partial charge < -0.3 is 5.32 Å². The smallest absolute Gasteiger partial charge is 0.0479 e. The van der Waals surface area contributed by atoms with Gasteiger partial charge in [-0.05, 0) is 29.2 Å². The summed E-state index contributed by atoms with van der Waals surface area (Å²) in [4.78, 5) is 2.67. The maximum Gasteiger partial charge on any atom is 0.0479 e. The van der Waals surface area contributed by atoms with E-state index in [1.54, 1.807) is 5.56 Å². The lowest BCUT2D eigenvalue weighted by Crippen LogP contribution is -2.50. The second kappa shape index (κ2) is 7.67. The zero-order chi connectivity index (χ0) is 14.2. The predicted molar refractivity (Wildman–Crippen MR) is 101 cm³/mol. The molecule has 2 aromatic carbocycles. The third-order valence-corrected chi connectivity index (χ3v) is 5.04. The van der Waals surface area contributed by atoms with Crippen LogP contribution in [0.15, 0.2) is 48.5 Å². The van der Waals surface area contributed by atoms with Crippen molar-refractivity contribution in [3.05, 3.63) is 70.8 Å². The van der Waals surface area contributed by atoms with Gasteiger partial charge in [0.2, 0.25) is 0 Å². The Labute approximate surface area is 151 Å². The number of benzene rings is 2. The molecule has 1 fully saturated rings. The van der Waals surface area contributed by atoms with E-state index in [9.17, 15) is 0 Å². The Balaban J connectivity index is 0.000000960. The van der Waals surface area contributed by atoms with Crippen LogP contribution in [0, 0.1) is 6.92 Å². The van der Waals surface area contributed by atoms with Crippen molar-refractivity contribution in [1.82, 2.24) is 10.2 Å². The summed E-state index contributed by atoms with van der Waals surface area (Å²) in [6.07, 6.45) is 0. The Morgan fingerprint density at radius 1 is 1.00 bits per heavy atom. The molecule has 0 amide bonds. The maximum absolute atomic E-state index is 3.56. The Morgan fingerprint density at radius 3 is 2.57 bits per heavy atom. The number of nitrogens with one attached hydrogen (secondary N) is 1. The van der Waals surface area contributed by atoms with Gasteiger partial charge in [-0.25, -0.2) is 0 Å². The van der Waals surface area contributed by atoms with Crippen LogP contribution in [0.2, 0.25) is 0 Å². The third-order valence-electron chi connectivity index (χ3n) is 5.04. The molecule has 0 radical (unpaired) electrons. The number of hydrogen-bond acceptors (Lipinski definition) is 2. The highest BCUT2D eigenvalue weighted by Gasteiger charge is 2.35. The first-order valence-electron chi connectivity index (χ1n) is 7.93. The summed E-state index contributed by atoms with van der Waals surface area (Å²) in [7, 11) is 0. The molecule has 1 saturated heterocycles. The summed E-state index contributed by atoms with van der Waals surface area (Å²) >= 11 is 0. The van der Waals surface area contributed by atoms with E-state index in [1.165, 1.54) is 16.7 Å². The number of rotatable bonds is 1. The van der Waals surface area contributed by atoms with E-state index in [2.05, 4.69) is 65.7 Å². The SMILES string of the molecule is Cc1cccc2c1C1CNCCN1CC2c1ccccc1.Cl.Cl. The fourth-order valence-electron chi connectivity index (χ4n) is 4.02. The standard InChI is InChI=1S/C19H22N2.2ClH/c1-14-6-5-9-16-17(15-7-3-2-4-8-15)13-21-11-10-20-12-18(21)19(14)16;;/h2-9,17-18,20H,10-13H2,1H3;2*1H. The Kier molecular flexibility index (Phi) is 6.10. The molecular weight excluding hydrogens is 327 g/mol. The monoisotopic (exact) mass is 350 g/mol. The van der Waals surface area contributed by atoms with Gasteiger partial charge in [-0.3, -0.25) is 4.90 Å². The fourth-order valence-corrected chi connectivity index (χ4v) is 4.02. The predicted octanol–water partition coefficient (Wildman–Crippen LogP) is 3.93. The molecule has 124 valence electrons. The van der Waals surface area contributed by atoms with Gasteiger partial charge in [0.05, 0.1) is 0 Å². The highest BCUT2D eigenvalue weighted by Crippen LogP contribution is 2.41. The van der Waals surface area contributed by atoms with E-state index in [1.807, 2.05) is 0 Å². The summed E-state index contributed by atoms with van der Waals surface area (Å²) in [5, 5.41) is 3.56. The van der Waals surface area contributed by atoms with Crippen molar-refractivity contribution < 1.29 is 0 Å². The molecule has 2 atom stereocenters. The van der Waals surface area contributed by atoms with Crippen LogP contribution in [0.1, 0.15) is 34.2 Å². The lowest BCUT2D eigenvalue weighted by molar-refractivity contribution is 0.142. The highest BCUT2D eigenvalue weighted by molar-refractivity contribution is 5.85. The van der Waals surface area contributed by atoms with E-state index in [4.69, 9.17) is 0 Å². The van der Waals surface area contributed by atoms with E-state index in [0.717, 1.165) is 26.2 Å². The topological polar surface area (TPSA) is 15.3 Å². The normalized spacial score (nSPS) is 23.0. The molecule has 23 heavy (non-hydrogen) atoms. The summed E-state index contributed by atoms with van der Waals surface area (Å²) in [6, 6.07) is 18.4. The summed E-state index contributed by atoms with van der Waals surface area (Å²) < 4.78 is 0. The molecule has 1 N–H and O–H groups in total. The van der Waals surface area contributed by atoms with Gasteiger partial charge in [0.25, 0.3) is 0 Å². The summed E-state index contributed by atoms with van der Waals surface area (Å²) in [5.74, 6) is 0.510. The number of hydrogen-bond donors (Lipinski definition) is 1. The number of piperazine rings is 1. The van der Waals surface area contributed by atoms with Crippen LogP contribution >= 0.6 is 24.8 Å². The Hall–Kier alpha value is -1.06. The van der Waals surface area contributed by atoms with Crippen molar-refractivity contribution in [1.29, 1.82) is 0 Å². The van der Waals surface area contributed by atoms with Crippen LogP contribution in [0.5, 0.6) is 0 Å². The molecule has 0 bridgehead atoms. The van der Waals surface area contributed by atoms with Crippen molar-refractivity contribution >= 4 is 24.8 Å². The van der Waals surface area contributed by atoms with E-state index in [-0.39, 0.29) is 24.8 Å². The Bertz CT molecular complexity index is 645. The second-order valence-electron chi connectivity index (χ2n) is 6.26. The maximum atomic E-state index is 3.56. The number of fused-ring (bicyclic) bond motifs is 3. The largest absolute Gasteiger partial charge is 0.314 e. The molecule has 0 aromatic heterocycles. The first-order valence-corrected chi connectivity index (χ1v) is 7.93. The van der Waals surface area contributed by atoms with Crippen LogP contribution in [-0.4, -0.2) is 31.1 Å². The minimum atomic E-state index is 0. The van der Waals surface area contributed by atoms with Gasteiger partial charge in [0.1, 0.15) is 0 Å². The van der Waals surface area contributed by atoms with Gasteiger partial charge in [-0.15, -0.1) is 24.8 Å². The minimum Gasteiger partial charge on any atom is -0.314 e. The Morgan fingerprint density at radius 2 is 1.78 bits per heavy atom. The third kappa shape index (κ3) is 3.27. The number of halogens is 2. The van der Waals surface area contributed by atoms with Crippen molar-refractivity contribution in [2.24, 2.45) is 0 Å². The fraction of sp³-hybridized carbons (Fsp3) is 0.368. The molecule has 4 heteroatoms. The van der Waals surface area contributed by atoms with Crippen LogP contribution in [0.4, 0.5) is 0 Å². The first kappa shape index (κ1) is 18.3. The molecule has 0 saturated carbocycles. The van der Waals surface area contributed by atoms with Crippen LogP contribution < -0.4 is 5.32 Å². The summed E-state index contributed by atoms with van der Waals surface area (Å²) in [5.41, 5.74) is 5.98. The van der Waals surface area contributed by atoms with Crippen molar-refractivity contribution in [3.8, 4) is 0 Å². The molecule has 0 aliphatic carbocycles. The first-order chi connectivity index (χ1) is 10.3. The summed E-state index contributed by atoms with van der Waals surface area (Å²) in [6.45, 7) is 6.76. The van der Waals surface area contributed by atoms with Crippen LogP contribution in [-0.2, 0) is 0 Å². The molecular formula is C19H24Cl2N2. The zero-order valence-corrected chi connectivity index (χ0v) is 15.0. The van der Waals surface area contributed by atoms with E-state index >= 15 is 0 Å². The van der Waals surface area contributed by atoms with Crippen molar-refractivity contribution in [2.45, 2.75) is 18.9 Å². The average Bonchev–Trinajstić information content (AvgIpc) is 2.55. The lowest BCUT2D eigenvalue weighted by atomic mass is 9.79. The molecule has 0 spiro atoms. The average molecular weight is 351 g/mol. The molecule has 4 rings (SSSR count). The van der Waals surface area contributed by atoms with Gasteiger partial charge in [0, 0.05) is 38.1 Å². The highest BCUT2D eigenvalue weighted by atomic mass is 35.5. The van der Waals surface area contributed by atoms with Gasteiger partial charge >= 0.3 is 0 Å². The molecule has 2 heterocycles. The zero-order valence-electron chi connectivity index (χ0n) is 13.4. The van der Waals surface area contributed by atoms with Crippen molar-refractivity contribution in [2.75, 3.05) is 26.2 Å². The molecule has 2 aliphatic heterocycles. The van der Waals surface area contributed by atoms with Crippen molar-refractivity contribution in [3.63, 3.8) is 0 Å². The van der Waals surface area contributed by atoms with Gasteiger partial charge in [0.15, 0.2) is 0 Å². The van der Waals surface area contributed by atoms with Crippen LogP contribution in [0.25, 0.3) is 0 Å². The number of nitrogens with zero attached hydrogens (tertiary/aromatic N) is 1. The van der Waals surface area contributed by atoms with E-state index < -0.39 is 0 Å². The van der Waals surface area contributed by atoms with Crippen LogP contribution in [0.3, 0.4) is 0 Å². The quantitative estimate of drug-likeness (QED) is 0.838. The molecule has 2 nitrogen and oxygen atoms in total. The lowest BCUT2D eigenvalue weighted by Gasteiger charge is -2.45. The van der Waals surface area contributed by atoms with Gasteiger partial charge in [-0.1, -0.05) is 48.5 Å².